The van der Waals surface area contributed by atoms with Crippen molar-refractivity contribution in [3.05, 3.63) is 126 Å². The number of fused-ring (bicyclic) bond motifs is 1. The van der Waals surface area contributed by atoms with E-state index in [1.54, 1.807) is 13.2 Å². The Balaban J connectivity index is 1.45. The molecule has 11 heteroatoms. The molecule has 0 saturated carbocycles. The maximum Gasteiger partial charge on any atom is 0.264 e. The van der Waals surface area contributed by atoms with Crippen LogP contribution in [0.2, 0.25) is 0 Å². The summed E-state index contributed by atoms with van der Waals surface area (Å²) >= 11 is 0. The van der Waals surface area contributed by atoms with E-state index in [0.29, 0.717) is 29.5 Å². The Hall–Kier alpha value is -5.10. The first-order chi connectivity index (χ1) is 22.7. The highest BCUT2D eigenvalue weighted by molar-refractivity contribution is 7.89. The van der Waals surface area contributed by atoms with Crippen molar-refractivity contribution in [1.82, 2.24) is 24.5 Å². The lowest BCUT2D eigenvalue weighted by molar-refractivity contribution is 0.0785. The molecule has 3 aromatic heterocycles. The normalized spacial score (nSPS) is 11.9. The highest BCUT2D eigenvalue weighted by Crippen LogP contribution is 2.42. The van der Waals surface area contributed by atoms with E-state index in [-0.39, 0.29) is 11.5 Å². The van der Waals surface area contributed by atoms with E-state index in [1.807, 2.05) is 65.3 Å². The first-order valence-electron chi connectivity index (χ1n) is 15.1. The Labute approximate surface area is 274 Å². The first kappa shape index (κ1) is 31.9. The van der Waals surface area contributed by atoms with Crippen LogP contribution in [-0.4, -0.2) is 35.1 Å². The topological polar surface area (TPSA) is 120 Å². The number of ether oxygens (including phenoxy) is 1. The van der Waals surface area contributed by atoms with Crippen LogP contribution >= 0.6 is 0 Å². The minimum atomic E-state index is -3.93. The van der Waals surface area contributed by atoms with Gasteiger partial charge in [-0.15, -0.1) is 5.10 Å². The number of hydrogen-bond donors (Lipinski definition) is 2. The van der Waals surface area contributed by atoms with Gasteiger partial charge in [0.2, 0.25) is 0 Å². The Kier molecular flexibility index (Phi) is 9.04. The van der Waals surface area contributed by atoms with Crippen molar-refractivity contribution in [1.29, 1.82) is 0 Å². The molecule has 0 saturated heterocycles. The molecule has 0 spiro atoms. The standard InChI is InChI=1S/C36H36N6O4S/c1-36(2,3)32-27(24-46-41-47(43,44)28-16-11-20-37-23-28)17-18-30(45-4)31(32)34-39-35(38-22-25-12-7-5-8-13-25)33-29(19-21-42(33)40-34)26-14-9-6-10-15-26/h5-21,23,41H,22,24H2,1-4H3,(H,38,39,40). The summed E-state index contributed by atoms with van der Waals surface area (Å²) < 4.78 is 33.3. The summed E-state index contributed by atoms with van der Waals surface area (Å²) in [7, 11) is -2.32. The number of nitrogens with zero attached hydrogens (tertiary/aromatic N) is 4. The molecule has 0 aliphatic carbocycles. The van der Waals surface area contributed by atoms with Gasteiger partial charge in [-0.1, -0.05) is 92.4 Å². The largest absolute Gasteiger partial charge is 0.496 e. The Morgan fingerprint density at radius 2 is 1.64 bits per heavy atom. The zero-order valence-corrected chi connectivity index (χ0v) is 27.5. The van der Waals surface area contributed by atoms with Gasteiger partial charge in [0.1, 0.15) is 16.2 Å². The third-order valence-corrected chi connectivity index (χ3v) is 8.89. The van der Waals surface area contributed by atoms with E-state index in [0.717, 1.165) is 33.3 Å². The molecule has 0 aliphatic rings. The summed E-state index contributed by atoms with van der Waals surface area (Å²) in [4.78, 5) is 16.9. The van der Waals surface area contributed by atoms with Crippen molar-refractivity contribution in [2.24, 2.45) is 0 Å². The molecule has 0 aliphatic heterocycles. The number of nitrogens with one attached hydrogen (secondary N) is 2. The third kappa shape index (κ3) is 6.87. The van der Waals surface area contributed by atoms with Crippen molar-refractivity contribution in [2.45, 2.75) is 44.2 Å². The van der Waals surface area contributed by atoms with E-state index in [2.05, 4.69) is 60.2 Å². The lowest BCUT2D eigenvalue weighted by atomic mass is 9.80. The molecule has 0 radical (unpaired) electrons. The molecule has 0 amide bonds. The first-order valence-corrected chi connectivity index (χ1v) is 16.6. The van der Waals surface area contributed by atoms with Crippen LogP contribution in [0.1, 0.15) is 37.5 Å². The Bertz CT molecular complexity index is 2100. The fraction of sp³-hybridized carbons (Fsp3) is 0.194. The van der Waals surface area contributed by atoms with Gasteiger partial charge in [-0.05, 0) is 51.9 Å². The summed E-state index contributed by atoms with van der Waals surface area (Å²) in [5.41, 5.74) is 5.87. The van der Waals surface area contributed by atoms with Gasteiger partial charge in [-0.2, -0.15) is 0 Å². The molecule has 47 heavy (non-hydrogen) atoms. The number of methoxy groups -OCH3 is 1. The van der Waals surface area contributed by atoms with Crippen molar-refractivity contribution in [2.75, 3.05) is 12.4 Å². The van der Waals surface area contributed by atoms with Crippen molar-refractivity contribution in [3.63, 3.8) is 0 Å². The molecule has 2 N–H and O–H groups in total. The van der Waals surface area contributed by atoms with Gasteiger partial charge in [-0.3, -0.25) is 9.82 Å². The average molecular weight is 649 g/mol. The third-order valence-electron chi connectivity index (χ3n) is 7.69. The van der Waals surface area contributed by atoms with E-state index in [1.165, 1.54) is 18.5 Å². The molecule has 0 unspecified atom stereocenters. The van der Waals surface area contributed by atoms with E-state index in [9.17, 15) is 8.42 Å². The van der Waals surface area contributed by atoms with Crippen LogP contribution < -0.4 is 14.9 Å². The molecular formula is C36H36N6O4S. The summed E-state index contributed by atoms with van der Waals surface area (Å²) in [6, 6.07) is 29.0. The highest BCUT2D eigenvalue weighted by atomic mass is 32.2. The summed E-state index contributed by atoms with van der Waals surface area (Å²) in [5, 5.41) is 8.58. The van der Waals surface area contributed by atoms with Gasteiger partial charge < -0.3 is 10.1 Å². The van der Waals surface area contributed by atoms with Crippen molar-refractivity contribution < 1.29 is 18.0 Å². The SMILES string of the molecule is COc1ccc(CONS(=O)(=O)c2cccnc2)c(C(C)(C)C)c1-c1nc(NCc2ccccc2)c2c(-c3ccccc3)ccn2n1. The molecule has 6 rings (SSSR count). The second kappa shape index (κ2) is 13.3. The number of rotatable bonds is 11. The molecule has 0 fully saturated rings. The Morgan fingerprint density at radius 3 is 2.32 bits per heavy atom. The monoisotopic (exact) mass is 648 g/mol. The van der Waals surface area contributed by atoms with Gasteiger partial charge >= 0.3 is 0 Å². The predicted molar refractivity (Wildman–Crippen MR) is 182 cm³/mol. The number of sulfonamides is 1. The number of benzene rings is 3. The molecular weight excluding hydrogens is 613 g/mol. The number of hydrogen-bond acceptors (Lipinski definition) is 8. The molecule has 10 nitrogen and oxygen atoms in total. The zero-order valence-electron chi connectivity index (χ0n) is 26.6. The van der Waals surface area contributed by atoms with Gasteiger partial charge in [-0.25, -0.2) is 17.9 Å². The zero-order chi connectivity index (χ0) is 33.0. The van der Waals surface area contributed by atoms with Crippen LogP contribution in [0.15, 0.2) is 114 Å². The number of pyridine rings is 1. The molecule has 240 valence electrons. The lowest BCUT2D eigenvalue weighted by Gasteiger charge is -2.27. The average Bonchev–Trinajstić information content (AvgIpc) is 3.52. The van der Waals surface area contributed by atoms with Crippen LogP contribution in [0.25, 0.3) is 28.0 Å². The second-order valence-electron chi connectivity index (χ2n) is 12.0. The van der Waals surface area contributed by atoms with E-state index in [4.69, 9.17) is 19.7 Å². The maximum absolute atomic E-state index is 12.8. The lowest BCUT2D eigenvalue weighted by Crippen LogP contribution is -2.25. The predicted octanol–water partition coefficient (Wildman–Crippen LogP) is 6.79. The quantitative estimate of drug-likeness (QED) is 0.148. The fourth-order valence-electron chi connectivity index (χ4n) is 5.62. The van der Waals surface area contributed by atoms with Crippen LogP contribution in [0, 0.1) is 0 Å². The Morgan fingerprint density at radius 1 is 0.894 bits per heavy atom. The molecule has 0 atom stereocenters. The van der Waals surface area contributed by atoms with E-state index >= 15 is 0 Å². The molecule has 0 bridgehead atoms. The highest BCUT2D eigenvalue weighted by Gasteiger charge is 2.29. The van der Waals surface area contributed by atoms with Crippen LogP contribution in [0.3, 0.4) is 0 Å². The molecule has 3 aromatic carbocycles. The van der Waals surface area contributed by atoms with Crippen molar-refractivity contribution >= 4 is 21.4 Å². The number of aromatic nitrogens is 4. The summed E-state index contributed by atoms with van der Waals surface area (Å²) in [5.74, 6) is 1.69. The van der Waals surface area contributed by atoms with Gasteiger partial charge in [0, 0.05) is 30.7 Å². The van der Waals surface area contributed by atoms with Gasteiger partial charge in [0.05, 0.1) is 19.3 Å². The minimum absolute atomic E-state index is 0.00490. The maximum atomic E-state index is 12.8. The molecule has 6 aromatic rings. The smallest absolute Gasteiger partial charge is 0.264 e. The second-order valence-corrected chi connectivity index (χ2v) is 13.6. The van der Waals surface area contributed by atoms with Crippen molar-refractivity contribution in [3.8, 4) is 28.3 Å². The molecule has 3 heterocycles. The minimum Gasteiger partial charge on any atom is -0.496 e. The summed E-state index contributed by atoms with van der Waals surface area (Å²) in [6.45, 7) is 6.73. The summed E-state index contributed by atoms with van der Waals surface area (Å²) in [6.07, 6.45) is 4.70. The fourth-order valence-corrected chi connectivity index (χ4v) is 6.39. The van der Waals surface area contributed by atoms with Crippen LogP contribution in [0.4, 0.5) is 5.82 Å². The van der Waals surface area contributed by atoms with Gasteiger partial charge in [0.25, 0.3) is 10.0 Å². The van der Waals surface area contributed by atoms with E-state index < -0.39 is 15.4 Å². The van der Waals surface area contributed by atoms with Crippen LogP contribution in [0.5, 0.6) is 5.75 Å². The van der Waals surface area contributed by atoms with Crippen LogP contribution in [-0.2, 0) is 33.4 Å². The van der Waals surface area contributed by atoms with Gasteiger partial charge in [0.15, 0.2) is 11.6 Å². The number of anilines is 1.